The number of nitrogens with one attached hydrogen (secondary N) is 1. The van der Waals surface area contributed by atoms with Crippen LogP contribution in [-0.2, 0) is 6.54 Å². The van der Waals surface area contributed by atoms with Crippen LogP contribution in [0.1, 0.15) is 24.1 Å². The third kappa shape index (κ3) is 2.73. The van der Waals surface area contributed by atoms with Gasteiger partial charge >= 0.3 is 0 Å². The molecule has 1 heterocycles. The van der Waals surface area contributed by atoms with Crippen molar-refractivity contribution >= 4 is 11.3 Å². The Kier molecular flexibility index (Phi) is 3.69. The number of rotatable bonds is 5. The van der Waals surface area contributed by atoms with E-state index in [4.69, 9.17) is 0 Å². The van der Waals surface area contributed by atoms with Crippen LogP contribution >= 0.6 is 11.3 Å². The van der Waals surface area contributed by atoms with E-state index in [0.717, 1.165) is 19.4 Å². The molecule has 0 aliphatic heterocycles. The zero-order valence-corrected chi connectivity index (χ0v) is 11.7. The summed E-state index contributed by atoms with van der Waals surface area (Å²) >= 11 is 1.83. The van der Waals surface area contributed by atoms with Gasteiger partial charge in [-0.3, -0.25) is 0 Å². The van der Waals surface area contributed by atoms with Gasteiger partial charge in [-0.2, -0.15) is 0 Å². The van der Waals surface area contributed by atoms with Crippen molar-refractivity contribution in [3.8, 4) is 10.4 Å². The van der Waals surface area contributed by atoms with E-state index in [0.29, 0.717) is 0 Å². The van der Waals surface area contributed by atoms with Crippen molar-refractivity contribution in [2.75, 3.05) is 6.61 Å². The lowest BCUT2D eigenvalue weighted by atomic mass is 9.77. The molecule has 2 aromatic rings. The summed E-state index contributed by atoms with van der Waals surface area (Å²) in [6, 6.07) is 14.8. The fourth-order valence-electron chi connectivity index (χ4n) is 2.50. The van der Waals surface area contributed by atoms with Gasteiger partial charge in [-0.25, -0.2) is 0 Å². The number of hydrogen-bond acceptors (Lipinski definition) is 3. The summed E-state index contributed by atoms with van der Waals surface area (Å²) in [6.45, 7) is 1.11. The summed E-state index contributed by atoms with van der Waals surface area (Å²) < 4.78 is 0. The van der Waals surface area contributed by atoms with Crippen molar-refractivity contribution in [2.45, 2.75) is 31.3 Å². The Hall–Kier alpha value is -1.16. The van der Waals surface area contributed by atoms with Crippen LogP contribution in [0.2, 0.25) is 0 Å². The second kappa shape index (κ2) is 5.45. The Morgan fingerprint density at radius 2 is 1.89 bits per heavy atom. The SMILES string of the molecule is OCC1(NCc2ccc(-c3ccccc3)s2)CCC1. The van der Waals surface area contributed by atoms with Crippen LogP contribution in [-0.4, -0.2) is 17.3 Å². The van der Waals surface area contributed by atoms with Gasteiger partial charge in [0.1, 0.15) is 0 Å². The third-order valence-corrected chi connectivity index (χ3v) is 5.11. The summed E-state index contributed by atoms with van der Waals surface area (Å²) in [4.78, 5) is 2.64. The molecule has 1 fully saturated rings. The Labute approximate surface area is 118 Å². The molecule has 19 heavy (non-hydrogen) atoms. The fourth-order valence-corrected chi connectivity index (χ4v) is 3.45. The molecule has 0 atom stereocenters. The zero-order chi connectivity index (χ0) is 13.1. The summed E-state index contributed by atoms with van der Waals surface area (Å²) in [5, 5.41) is 13.0. The molecule has 3 heteroatoms. The largest absolute Gasteiger partial charge is 0.394 e. The standard InChI is InChI=1S/C16H19NOS/c18-12-16(9-4-10-16)17-11-14-7-8-15(19-14)13-5-2-1-3-6-13/h1-3,5-8,17-18H,4,9-12H2. The van der Waals surface area contributed by atoms with Gasteiger partial charge in [-0.1, -0.05) is 30.3 Å². The molecule has 0 spiro atoms. The smallest absolute Gasteiger partial charge is 0.0613 e. The second-order valence-electron chi connectivity index (χ2n) is 5.28. The van der Waals surface area contributed by atoms with E-state index in [9.17, 15) is 5.11 Å². The molecular weight excluding hydrogens is 254 g/mol. The van der Waals surface area contributed by atoms with Gasteiger partial charge in [0.2, 0.25) is 0 Å². The minimum absolute atomic E-state index is 0.00308. The summed E-state index contributed by atoms with van der Waals surface area (Å²) in [5.74, 6) is 0. The van der Waals surface area contributed by atoms with Gasteiger partial charge in [0, 0.05) is 21.8 Å². The first-order valence-electron chi connectivity index (χ1n) is 6.81. The van der Waals surface area contributed by atoms with Crippen LogP contribution in [0.15, 0.2) is 42.5 Å². The van der Waals surface area contributed by atoms with Gasteiger partial charge < -0.3 is 10.4 Å². The highest BCUT2D eigenvalue weighted by Crippen LogP contribution is 2.33. The van der Waals surface area contributed by atoms with E-state index in [1.165, 1.54) is 21.7 Å². The average Bonchev–Trinajstić information content (AvgIpc) is 2.88. The Bertz CT molecular complexity index is 525. The van der Waals surface area contributed by atoms with E-state index in [-0.39, 0.29) is 12.1 Å². The Balaban J connectivity index is 1.65. The third-order valence-electron chi connectivity index (χ3n) is 3.97. The normalized spacial score (nSPS) is 17.1. The van der Waals surface area contributed by atoms with Gasteiger partial charge in [0.05, 0.1) is 6.61 Å². The van der Waals surface area contributed by atoms with Crippen LogP contribution in [0.3, 0.4) is 0 Å². The molecule has 0 radical (unpaired) electrons. The van der Waals surface area contributed by atoms with E-state index in [2.05, 4.69) is 41.7 Å². The van der Waals surface area contributed by atoms with Gasteiger partial charge in [0.15, 0.2) is 0 Å². The Morgan fingerprint density at radius 3 is 2.53 bits per heavy atom. The maximum absolute atomic E-state index is 9.44. The van der Waals surface area contributed by atoms with E-state index in [1.807, 2.05) is 17.4 Å². The molecular formula is C16H19NOS. The molecule has 2 N–H and O–H groups in total. The van der Waals surface area contributed by atoms with E-state index in [1.54, 1.807) is 0 Å². The maximum Gasteiger partial charge on any atom is 0.0613 e. The molecule has 1 saturated carbocycles. The van der Waals surface area contributed by atoms with Crippen molar-refractivity contribution in [3.05, 3.63) is 47.3 Å². The predicted octanol–water partition coefficient (Wildman–Crippen LogP) is 3.42. The topological polar surface area (TPSA) is 32.3 Å². The van der Waals surface area contributed by atoms with Crippen LogP contribution in [0.4, 0.5) is 0 Å². The summed E-state index contributed by atoms with van der Waals surface area (Å²) in [6.07, 6.45) is 3.42. The lowest BCUT2D eigenvalue weighted by Gasteiger charge is -2.41. The molecule has 0 amide bonds. The highest BCUT2D eigenvalue weighted by atomic mass is 32.1. The molecule has 100 valence electrons. The average molecular weight is 273 g/mol. The zero-order valence-electron chi connectivity index (χ0n) is 10.9. The lowest BCUT2D eigenvalue weighted by molar-refractivity contribution is 0.0875. The first-order chi connectivity index (χ1) is 9.31. The minimum Gasteiger partial charge on any atom is -0.394 e. The van der Waals surface area contributed by atoms with Crippen molar-refractivity contribution < 1.29 is 5.11 Å². The maximum atomic E-state index is 9.44. The lowest BCUT2D eigenvalue weighted by Crippen LogP contribution is -2.53. The number of benzene rings is 1. The molecule has 1 aromatic carbocycles. The van der Waals surface area contributed by atoms with E-state index >= 15 is 0 Å². The van der Waals surface area contributed by atoms with Gasteiger partial charge in [0.25, 0.3) is 0 Å². The van der Waals surface area contributed by atoms with Crippen LogP contribution in [0.25, 0.3) is 10.4 Å². The molecule has 1 aromatic heterocycles. The molecule has 2 nitrogen and oxygen atoms in total. The van der Waals surface area contributed by atoms with Crippen molar-refractivity contribution in [2.24, 2.45) is 0 Å². The highest BCUT2D eigenvalue weighted by Gasteiger charge is 2.35. The Morgan fingerprint density at radius 1 is 1.11 bits per heavy atom. The van der Waals surface area contributed by atoms with Crippen molar-refractivity contribution in [1.82, 2.24) is 5.32 Å². The van der Waals surface area contributed by atoms with Crippen LogP contribution in [0.5, 0.6) is 0 Å². The van der Waals surface area contributed by atoms with Crippen molar-refractivity contribution in [3.63, 3.8) is 0 Å². The van der Waals surface area contributed by atoms with Gasteiger partial charge in [-0.05, 0) is 37.0 Å². The van der Waals surface area contributed by atoms with E-state index < -0.39 is 0 Å². The first kappa shape index (κ1) is 12.9. The minimum atomic E-state index is -0.00308. The summed E-state index contributed by atoms with van der Waals surface area (Å²) in [7, 11) is 0. The van der Waals surface area contributed by atoms with Gasteiger partial charge in [-0.15, -0.1) is 11.3 Å². The van der Waals surface area contributed by atoms with Crippen molar-refractivity contribution in [1.29, 1.82) is 0 Å². The highest BCUT2D eigenvalue weighted by molar-refractivity contribution is 7.15. The number of hydrogen-bond donors (Lipinski definition) is 2. The number of thiophene rings is 1. The molecule has 0 saturated heterocycles. The summed E-state index contributed by atoms with van der Waals surface area (Å²) in [5.41, 5.74) is 1.27. The monoisotopic (exact) mass is 273 g/mol. The van der Waals surface area contributed by atoms with Crippen LogP contribution in [0, 0.1) is 0 Å². The molecule has 1 aliphatic carbocycles. The number of aliphatic hydroxyl groups is 1. The number of aliphatic hydroxyl groups excluding tert-OH is 1. The first-order valence-corrected chi connectivity index (χ1v) is 7.63. The molecule has 0 unspecified atom stereocenters. The molecule has 1 aliphatic rings. The van der Waals surface area contributed by atoms with Crippen LogP contribution < -0.4 is 5.32 Å². The molecule has 3 rings (SSSR count). The fraction of sp³-hybridized carbons (Fsp3) is 0.375. The predicted molar refractivity (Wildman–Crippen MR) is 80.3 cm³/mol. The quantitative estimate of drug-likeness (QED) is 0.875. The molecule has 0 bridgehead atoms. The second-order valence-corrected chi connectivity index (χ2v) is 6.45.